The molecule has 0 atom stereocenters. The van der Waals surface area contributed by atoms with Crippen LogP contribution in [0.25, 0.3) is 0 Å². The van der Waals surface area contributed by atoms with Crippen LogP contribution in [-0.2, 0) is 0 Å². The van der Waals surface area contributed by atoms with Crippen molar-refractivity contribution in [3.05, 3.63) is 60.6 Å². The van der Waals surface area contributed by atoms with Crippen molar-refractivity contribution in [3.63, 3.8) is 0 Å². The van der Waals surface area contributed by atoms with Crippen molar-refractivity contribution in [1.29, 1.82) is 0 Å². The third-order valence-corrected chi connectivity index (χ3v) is 2.99. The third-order valence-electron chi connectivity index (χ3n) is 2.99. The normalized spacial score (nSPS) is 10.1. The third kappa shape index (κ3) is 3.65. The van der Waals surface area contributed by atoms with Crippen LogP contribution in [0.4, 0.5) is 17.3 Å². The summed E-state index contributed by atoms with van der Waals surface area (Å²) < 4.78 is 10.2. The van der Waals surface area contributed by atoms with Gasteiger partial charge in [0.1, 0.15) is 5.75 Å². The van der Waals surface area contributed by atoms with E-state index in [0.29, 0.717) is 11.6 Å². The molecule has 0 aliphatic heterocycles. The van der Waals surface area contributed by atoms with Crippen LogP contribution in [0.2, 0.25) is 0 Å². The minimum atomic E-state index is -0.377. The summed E-state index contributed by atoms with van der Waals surface area (Å²) in [5.74, 6) is 1.46. The van der Waals surface area contributed by atoms with Crippen molar-refractivity contribution < 1.29 is 13.9 Å². The van der Waals surface area contributed by atoms with Gasteiger partial charge < -0.3 is 19.8 Å². The topological polar surface area (TPSA) is 89.3 Å². The molecule has 3 rings (SSSR count). The fourth-order valence-corrected chi connectivity index (χ4v) is 1.90. The van der Waals surface area contributed by atoms with Crippen LogP contribution in [-0.4, -0.2) is 23.2 Å². The predicted molar refractivity (Wildman–Crippen MR) is 85.0 cm³/mol. The summed E-state index contributed by atoms with van der Waals surface area (Å²) in [4.78, 5) is 11.8. The lowest BCUT2D eigenvalue weighted by Gasteiger charge is -2.07. The van der Waals surface area contributed by atoms with Gasteiger partial charge in [0.2, 0.25) is 0 Å². The molecule has 0 spiro atoms. The summed E-state index contributed by atoms with van der Waals surface area (Å²) in [6.45, 7) is 0. The van der Waals surface area contributed by atoms with Crippen LogP contribution in [0.15, 0.2) is 59.2 Å². The predicted octanol–water partition coefficient (Wildman–Crippen LogP) is 3.07. The Hall–Kier alpha value is -3.35. The molecule has 2 heterocycles. The molecule has 0 aliphatic rings. The van der Waals surface area contributed by atoms with E-state index in [9.17, 15) is 4.79 Å². The standard InChI is InChI=1S/C16H14N4O3/c1-22-12-5-2-4-11(10-12)17-14-7-8-15(20-19-14)18-16(21)13-6-3-9-23-13/h2-10H,1H3,(H,17,19)(H,18,20,21). The highest BCUT2D eigenvalue weighted by Crippen LogP contribution is 2.20. The van der Waals surface area contributed by atoms with Crippen molar-refractivity contribution in [2.24, 2.45) is 0 Å². The van der Waals surface area contributed by atoms with Crippen LogP contribution in [0.3, 0.4) is 0 Å². The Balaban J connectivity index is 1.66. The molecule has 2 aromatic heterocycles. The number of hydrogen-bond donors (Lipinski definition) is 2. The molecule has 0 radical (unpaired) electrons. The van der Waals surface area contributed by atoms with Gasteiger partial charge in [0.15, 0.2) is 17.4 Å². The number of methoxy groups -OCH3 is 1. The SMILES string of the molecule is COc1cccc(Nc2ccc(NC(=O)c3ccco3)nn2)c1. The second-order valence-corrected chi connectivity index (χ2v) is 4.59. The smallest absolute Gasteiger partial charge is 0.292 e. The molecule has 7 nitrogen and oxygen atoms in total. The van der Waals surface area contributed by atoms with E-state index >= 15 is 0 Å². The summed E-state index contributed by atoms with van der Waals surface area (Å²) in [7, 11) is 1.61. The first-order chi connectivity index (χ1) is 11.2. The number of anilines is 3. The number of carbonyl (C=O) groups is 1. The molecule has 0 saturated heterocycles. The number of hydrogen-bond acceptors (Lipinski definition) is 6. The zero-order valence-electron chi connectivity index (χ0n) is 12.3. The Kier molecular flexibility index (Phi) is 4.19. The van der Waals surface area contributed by atoms with Crippen molar-refractivity contribution in [3.8, 4) is 5.75 Å². The van der Waals surface area contributed by atoms with Crippen LogP contribution in [0.5, 0.6) is 5.75 Å². The van der Waals surface area contributed by atoms with Gasteiger partial charge >= 0.3 is 0 Å². The Morgan fingerprint density at radius 1 is 1.09 bits per heavy atom. The number of rotatable bonds is 5. The van der Waals surface area contributed by atoms with Gasteiger partial charge in [0.25, 0.3) is 5.91 Å². The van der Waals surface area contributed by atoms with E-state index in [1.54, 1.807) is 31.4 Å². The highest BCUT2D eigenvalue weighted by molar-refractivity contribution is 6.01. The molecular formula is C16H14N4O3. The van der Waals surface area contributed by atoms with Gasteiger partial charge in [-0.25, -0.2) is 0 Å². The van der Waals surface area contributed by atoms with E-state index < -0.39 is 0 Å². The summed E-state index contributed by atoms with van der Waals surface area (Å²) in [5.41, 5.74) is 0.825. The molecule has 1 amide bonds. The van der Waals surface area contributed by atoms with Gasteiger partial charge in [-0.2, -0.15) is 0 Å². The Morgan fingerprint density at radius 3 is 2.61 bits per heavy atom. The van der Waals surface area contributed by atoms with Crippen LogP contribution >= 0.6 is 0 Å². The molecule has 0 bridgehead atoms. The number of nitrogens with one attached hydrogen (secondary N) is 2. The molecule has 116 valence electrons. The summed E-state index contributed by atoms with van der Waals surface area (Å²) in [6, 6.07) is 14.0. The quantitative estimate of drug-likeness (QED) is 0.753. The Bertz CT molecular complexity index is 785. The molecule has 23 heavy (non-hydrogen) atoms. The molecule has 0 aliphatic carbocycles. The maximum atomic E-state index is 11.8. The lowest BCUT2D eigenvalue weighted by Crippen LogP contribution is -2.12. The molecule has 1 aromatic carbocycles. The number of furan rings is 1. The summed E-state index contributed by atoms with van der Waals surface area (Å²) in [6.07, 6.45) is 1.43. The van der Waals surface area contributed by atoms with Gasteiger partial charge in [0, 0.05) is 11.8 Å². The molecular weight excluding hydrogens is 296 g/mol. The minimum absolute atomic E-state index is 0.213. The van der Waals surface area contributed by atoms with Crippen LogP contribution < -0.4 is 15.4 Å². The van der Waals surface area contributed by atoms with E-state index in [4.69, 9.17) is 9.15 Å². The van der Waals surface area contributed by atoms with Crippen LogP contribution in [0.1, 0.15) is 10.6 Å². The van der Waals surface area contributed by atoms with E-state index in [0.717, 1.165) is 11.4 Å². The largest absolute Gasteiger partial charge is 0.497 e. The molecule has 2 N–H and O–H groups in total. The summed E-state index contributed by atoms with van der Waals surface area (Å²) >= 11 is 0. The first kappa shape index (κ1) is 14.6. The molecule has 0 unspecified atom stereocenters. The maximum Gasteiger partial charge on any atom is 0.292 e. The van der Waals surface area contributed by atoms with Gasteiger partial charge in [-0.15, -0.1) is 10.2 Å². The van der Waals surface area contributed by atoms with E-state index in [-0.39, 0.29) is 11.7 Å². The van der Waals surface area contributed by atoms with Crippen LogP contribution in [0, 0.1) is 0 Å². The van der Waals surface area contributed by atoms with Crippen molar-refractivity contribution in [2.75, 3.05) is 17.7 Å². The monoisotopic (exact) mass is 310 g/mol. The van der Waals surface area contributed by atoms with Gasteiger partial charge in [-0.05, 0) is 36.4 Å². The van der Waals surface area contributed by atoms with E-state index in [2.05, 4.69) is 20.8 Å². The first-order valence-corrected chi connectivity index (χ1v) is 6.84. The number of nitrogens with zero attached hydrogens (tertiary/aromatic N) is 2. The fourth-order valence-electron chi connectivity index (χ4n) is 1.90. The van der Waals surface area contributed by atoms with Crippen molar-refractivity contribution >= 4 is 23.2 Å². The highest BCUT2D eigenvalue weighted by Gasteiger charge is 2.09. The van der Waals surface area contributed by atoms with Gasteiger partial charge in [-0.1, -0.05) is 6.07 Å². The second kappa shape index (κ2) is 6.61. The minimum Gasteiger partial charge on any atom is -0.497 e. The summed E-state index contributed by atoms with van der Waals surface area (Å²) in [5, 5.41) is 13.7. The average molecular weight is 310 g/mol. The van der Waals surface area contributed by atoms with Gasteiger partial charge in [-0.3, -0.25) is 4.79 Å². The Labute approximate surface area is 132 Å². The van der Waals surface area contributed by atoms with E-state index in [1.165, 1.54) is 6.26 Å². The lowest BCUT2D eigenvalue weighted by atomic mass is 10.3. The average Bonchev–Trinajstić information content (AvgIpc) is 3.11. The molecule has 0 saturated carbocycles. The number of amides is 1. The highest BCUT2D eigenvalue weighted by atomic mass is 16.5. The van der Waals surface area contributed by atoms with Crippen molar-refractivity contribution in [2.45, 2.75) is 0 Å². The van der Waals surface area contributed by atoms with Gasteiger partial charge in [0.05, 0.1) is 13.4 Å². The molecule has 3 aromatic rings. The second-order valence-electron chi connectivity index (χ2n) is 4.59. The fraction of sp³-hybridized carbons (Fsp3) is 0.0625. The zero-order chi connectivity index (χ0) is 16.1. The number of ether oxygens (including phenoxy) is 1. The Morgan fingerprint density at radius 2 is 1.91 bits per heavy atom. The zero-order valence-corrected chi connectivity index (χ0v) is 12.3. The van der Waals surface area contributed by atoms with E-state index in [1.807, 2.05) is 24.3 Å². The van der Waals surface area contributed by atoms with Crippen molar-refractivity contribution in [1.82, 2.24) is 10.2 Å². The maximum absolute atomic E-state index is 11.8. The number of benzene rings is 1. The number of carbonyl (C=O) groups excluding carboxylic acids is 1. The molecule has 7 heteroatoms. The lowest BCUT2D eigenvalue weighted by molar-refractivity contribution is 0.0996. The first-order valence-electron chi connectivity index (χ1n) is 6.84. The number of aromatic nitrogens is 2. The molecule has 0 fully saturated rings.